The lowest BCUT2D eigenvalue weighted by Crippen LogP contribution is -2.25. The predicted octanol–water partition coefficient (Wildman–Crippen LogP) is 1.53. The number of nitrogens with two attached hydrogens (primary N) is 1. The highest BCUT2D eigenvalue weighted by molar-refractivity contribution is 5.41. The molecule has 0 saturated carbocycles. The van der Waals surface area contributed by atoms with Gasteiger partial charge in [-0.2, -0.15) is 15.0 Å². The molecule has 3 N–H and O–H groups in total. The second-order valence-electron chi connectivity index (χ2n) is 4.38. The molecule has 114 valence electrons. The Morgan fingerprint density at radius 2 is 1.85 bits per heavy atom. The molecule has 0 fully saturated rings. The molecular formula is C13H26N6O. The summed E-state index contributed by atoms with van der Waals surface area (Å²) in [6.07, 6.45) is 1.96. The van der Waals surface area contributed by atoms with E-state index in [4.69, 9.17) is 10.5 Å². The third-order valence-electron chi connectivity index (χ3n) is 2.78. The van der Waals surface area contributed by atoms with E-state index < -0.39 is 0 Å². The number of ether oxygens (including phenoxy) is 1. The SMILES string of the molecule is CCCOCCCNc1nc(N)nc(N(CC)CC)n1. The van der Waals surface area contributed by atoms with Crippen LogP contribution in [0, 0.1) is 0 Å². The Morgan fingerprint density at radius 3 is 2.50 bits per heavy atom. The van der Waals surface area contributed by atoms with Crippen LogP contribution in [0.1, 0.15) is 33.6 Å². The van der Waals surface area contributed by atoms with Gasteiger partial charge in [0.1, 0.15) is 0 Å². The summed E-state index contributed by atoms with van der Waals surface area (Å²) in [5.41, 5.74) is 5.72. The molecule has 0 aliphatic carbocycles. The fourth-order valence-corrected chi connectivity index (χ4v) is 1.73. The van der Waals surface area contributed by atoms with Crippen molar-refractivity contribution in [2.75, 3.05) is 48.8 Å². The zero-order valence-corrected chi connectivity index (χ0v) is 12.7. The van der Waals surface area contributed by atoms with Crippen molar-refractivity contribution in [3.63, 3.8) is 0 Å². The number of hydrogen-bond acceptors (Lipinski definition) is 7. The molecule has 0 amide bonds. The number of nitrogens with one attached hydrogen (secondary N) is 1. The van der Waals surface area contributed by atoms with Gasteiger partial charge in [0.15, 0.2) is 0 Å². The summed E-state index contributed by atoms with van der Waals surface area (Å²) in [6.45, 7) is 10.2. The van der Waals surface area contributed by atoms with Crippen LogP contribution >= 0.6 is 0 Å². The lowest BCUT2D eigenvalue weighted by atomic mass is 10.4. The highest BCUT2D eigenvalue weighted by atomic mass is 16.5. The summed E-state index contributed by atoms with van der Waals surface area (Å²) in [6, 6.07) is 0. The Labute approximate surface area is 121 Å². The molecule has 0 unspecified atom stereocenters. The van der Waals surface area contributed by atoms with Gasteiger partial charge in [-0.25, -0.2) is 0 Å². The quantitative estimate of drug-likeness (QED) is 0.629. The summed E-state index contributed by atoms with van der Waals surface area (Å²) in [5, 5.41) is 3.16. The van der Waals surface area contributed by atoms with Crippen LogP contribution in [0.3, 0.4) is 0 Å². The molecule has 0 aliphatic rings. The first kappa shape index (κ1) is 16.4. The van der Waals surface area contributed by atoms with Crippen molar-refractivity contribution in [3.8, 4) is 0 Å². The van der Waals surface area contributed by atoms with Gasteiger partial charge in [-0.15, -0.1) is 0 Å². The predicted molar refractivity (Wildman–Crippen MR) is 82.0 cm³/mol. The van der Waals surface area contributed by atoms with Crippen LogP contribution in [-0.2, 0) is 4.74 Å². The number of nitrogens with zero attached hydrogens (tertiary/aromatic N) is 4. The van der Waals surface area contributed by atoms with E-state index in [0.717, 1.165) is 45.7 Å². The number of hydrogen-bond donors (Lipinski definition) is 2. The molecule has 0 aliphatic heterocycles. The first-order chi connectivity index (χ1) is 9.71. The molecule has 7 nitrogen and oxygen atoms in total. The van der Waals surface area contributed by atoms with Crippen molar-refractivity contribution in [2.45, 2.75) is 33.6 Å². The van der Waals surface area contributed by atoms with Gasteiger partial charge in [0.25, 0.3) is 0 Å². The second-order valence-corrected chi connectivity index (χ2v) is 4.38. The summed E-state index contributed by atoms with van der Waals surface area (Å²) < 4.78 is 5.42. The molecule has 0 spiro atoms. The molecule has 0 bridgehead atoms. The zero-order chi connectivity index (χ0) is 14.8. The summed E-state index contributed by atoms with van der Waals surface area (Å²) in [5.74, 6) is 1.38. The molecule has 1 aromatic heterocycles. The third-order valence-corrected chi connectivity index (χ3v) is 2.78. The van der Waals surface area contributed by atoms with Gasteiger partial charge < -0.3 is 20.7 Å². The largest absolute Gasteiger partial charge is 0.381 e. The van der Waals surface area contributed by atoms with Crippen molar-refractivity contribution in [2.24, 2.45) is 0 Å². The topological polar surface area (TPSA) is 89.2 Å². The van der Waals surface area contributed by atoms with E-state index in [1.165, 1.54) is 0 Å². The maximum Gasteiger partial charge on any atom is 0.231 e. The molecule has 0 radical (unpaired) electrons. The monoisotopic (exact) mass is 282 g/mol. The van der Waals surface area contributed by atoms with Crippen molar-refractivity contribution < 1.29 is 4.74 Å². The van der Waals surface area contributed by atoms with Crippen molar-refractivity contribution >= 4 is 17.8 Å². The van der Waals surface area contributed by atoms with Crippen molar-refractivity contribution in [1.82, 2.24) is 15.0 Å². The molecule has 0 atom stereocenters. The number of rotatable bonds is 10. The van der Waals surface area contributed by atoms with E-state index in [2.05, 4.69) is 41.0 Å². The number of nitrogen functional groups attached to an aromatic ring is 1. The highest BCUT2D eigenvalue weighted by Crippen LogP contribution is 2.11. The second kappa shape index (κ2) is 9.30. The molecule has 1 aromatic rings. The van der Waals surface area contributed by atoms with Gasteiger partial charge in [-0.1, -0.05) is 6.92 Å². The fourth-order valence-electron chi connectivity index (χ4n) is 1.73. The van der Waals surface area contributed by atoms with Gasteiger partial charge in [0, 0.05) is 32.8 Å². The Morgan fingerprint density at radius 1 is 1.10 bits per heavy atom. The third kappa shape index (κ3) is 5.56. The minimum absolute atomic E-state index is 0.242. The van der Waals surface area contributed by atoms with Crippen molar-refractivity contribution in [1.29, 1.82) is 0 Å². The minimum Gasteiger partial charge on any atom is -0.381 e. The fraction of sp³-hybridized carbons (Fsp3) is 0.769. The van der Waals surface area contributed by atoms with Crippen LogP contribution in [0.4, 0.5) is 17.8 Å². The van der Waals surface area contributed by atoms with Crippen LogP contribution in [0.25, 0.3) is 0 Å². The zero-order valence-electron chi connectivity index (χ0n) is 12.7. The Balaban J connectivity index is 2.49. The molecule has 0 saturated heterocycles. The van der Waals surface area contributed by atoms with E-state index >= 15 is 0 Å². The van der Waals surface area contributed by atoms with Crippen LogP contribution in [0.5, 0.6) is 0 Å². The van der Waals surface area contributed by atoms with Crippen LogP contribution in [-0.4, -0.2) is 47.8 Å². The van der Waals surface area contributed by atoms with Gasteiger partial charge in [-0.3, -0.25) is 0 Å². The minimum atomic E-state index is 0.242. The maximum atomic E-state index is 5.72. The van der Waals surface area contributed by atoms with Crippen LogP contribution in [0.2, 0.25) is 0 Å². The Hall–Kier alpha value is -1.63. The number of anilines is 3. The number of aromatic nitrogens is 3. The van der Waals surface area contributed by atoms with Crippen LogP contribution < -0.4 is 16.0 Å². The molecule has 20 heavy (non-hydrogen) atoms. The van der Waals surface area contributed by atoms with E-state index in [9.17, 15) is 0 Å². The standard InChI is InChI=1S/C13H26N6O/c1-4-9-20-10-7-8-15-12-16-11(14)17-13(18-12)19(5-2)6-3/h4-10H2,1-3H3,(H3,14,15,16,17,18). The Kier molecular flexibility index (Phi) is 7.64. The van der Waals surface area contributed by atoms with E-state index in [1.807, 2.05) is 4.90 Å². The maximum absolute atomic E-state index is 5.72. The molecule has 1 heterocycles. The lowest BCUT2D eigenvalue weighted by Gasteiger charge is -2.19. The van der Waals surface area contributed by atoms with Gasteiger partial charge in [0.05, 0.1) is 0 Å². The van der Waals surface area contributed by atoms with Gasteiger partial charge >= 0.3 is 0 Å². The first-order valence-electron chi connectivity index (χ1n) is 7.29. The van der Waals surface area contributed by atoms with Crippen LogP contribution in [0.15, 0.2) is 0 Å². The average Bonchev–Trinajstić information content (AvgIpc) is 2.43. The normalized spacial score (nSPS) is 10.6. The van der Waals surface area contributed by atoms with Gasteiger partial charge in [0.2, 0.25) is 17.8 Å². The molecule has 1 rings (SSSR count). The molecule has 7 heteroatoms. The first-order valence-corrected chi connectivity index (χ1v) is 7.29. The summed E-state index contributed by atoms with van der Waals surface area (Å²) in [4.78, 5) is 14.7. The average molecular weight is 282 g/mol. The van der Waals surface area contributed by atoms with E-state index in [0.29, 0.717) is 11.9 Å². The van der Waals surface area contributed by atoms with Gasteiger partial charge in [-0.05, 0) is 26.7 Å². The summed E-state index contributed by atoms with van der Waals surface area (Å²) in [7, 11) is 0. The molecular weight excluding hydrogens is 256 g/mol. The van der Waals surface area contributed by atoms with Crippen molar-refractivity contribution in [3.05, 3.63) is 0 Å². The lowest BCUT2D eigenvalue weighted by molar-refractivity contribution is 0.134. The van der Waals surface area contributed by atoms with E-state index in [-0.39, 0.29) is 5.95 Å². The summed E-state index contributed by atoms with van der Waals surface area (Å²) >= 11 is 0. The molecule has 0 aromatic carbocycles. The van der Waals surface area contributed by atoms with E-state index in [1.54, 1.807) is 0 Å². The Bertz CT molecular complexity index is 383. The smallest absolute Gasteiger partial charge is 0.231 e. The highest BCUT2D eigenvalue weighted by Gasteiger charge is 2.09.